The van der Waals surface area contributed by atoms with Gasteiger partial charge in [-0.2, -0.15) is 0 Å². The van der Waals surface area contributed by atoms with Crippen molar-refractivity contribution in [3.8, 4) is 17.2 Å². The standard InChI is InChI=1S/C23H27NO3/c1-14-10-18-16(12-22(14)25-2)8-9-24-13-19-15(11-20(18)24)4-7-21(23(19)26-3)27-17-5-6-17/h4,7,10,12,17,20H,5-6,8-9,11,13H2,1-3H3/t20-/m0/s1. The molecule has 0 saturated heterocycles. The molecule has 4 nitrogen and oxygen atoms in total. The highest BCUT2D eigenvalue weighted by molar-refractivity contribution is 5.54. The van der Waals surface area contributed by atoms with Crippen LogP contribution in [0.2, 0.25) is 0 Å². The minimum atomic E-state index is 0.383. The minimum Gasteiger partial charge on any atom is -0.496 e. The van der Waals surface area contributed by atoms with E-state index in [9.17, 15) is 0 Å². The Kier molecular flexibility index (Phi) is 4.05. The van der Waals surface area contributed by atoms with Crippen LogP contribution in [0.4, 0.5) is 0 Å². The van der Waals surface area contributed by atoms with Gasteiger partial charge in [-0.3, -0.25) is 4.90 Å². The summed E-state index contributed by atoms with van der Waals surface area (Å²) in [6, 6.07) is 9.36. The molecule has 2 aromatic rings. The number of rotatable bonds is 4. The Morgan fingerprint density at radius 1 is 1.00 bits per heavy atom. The third kappa shape index (κ3) is 2.87. The second kappa shape index (κ2) is 6.45. The van der Waals surface area contributed by atoms with E-state index in [4.69, 9.17) is 14.2 Å². The first-order valence-corrected chi connectivity index (χ1v) is 9.94. The first kappa shape index (κ1) is 16.9. The van der Waals surface area contributed by atoms with Crippen LogP contribution in [0.1, 0.15) is 46.7 Å². The van der Waals surface area contributed by atoms with Crippen molar-refractivity contribution in [2.45, 2.75) is 51.3 Å². The second-order valence-electron chi connectivity index (χ2n) is 8.01. The number of aryl methyl sites for hydroxylation is 1. The fourth-order valence-corrected chi connectivity index (χ4v) is 4.65. The van der Waals surface area contributed by atoms with E-state index in [2.05, 4.69) is 36.1 Å². The Morgan fingerprint density at radius 2 is 1.85 bits per heavy atom. The van der Waals surface area contributed by atoms with Crippen molar-refractivity contribution in [1.82, 2.24) is 4.90 Å². The maximum Gasteiger partial charge on any atom is 0.165 e. The topological polar surface area (TPSA) is 30.9 Å². The van der Waals surface area contributed by atoms with Crippen molar-refractivity contribution in [3.05, 3.63) is 52.1 Å². The van der Waals surface area contributed by atoms with Crippen LogP contribution in [-0.2, 0) is 19.4 Å². The zero-order valence-corrected chi connectivity index (χ0v) is 16.4. The number of hydrogen-bond acceptors (Lipinski definition) is 4. The van der Waals surface area contributed by atoms with Crippen LogP contribution in [0.25, 0.3) is 0 Å². The molecule has 3 aliphatic rings. The van der Waals surface area contributed by atoms with Crippen LogP contribution in [0.5, 0.6) is 17.2 Å². The molecule has 1 fully saturated rings. The van der Waals surface area contributed by atoms with E-state index in [1.807, 2.05) is 0 Å². The largest absolute Gasteiger partial charge is 0.496 e. The van der Waals surface area contributed by atoms with Gasteiger partial charge < -0.3 is 14.2 Å². The quantitative estimate of drug-likeness (QED) is 0.812. The summed E-state index contributed by atoms with van der Waals surface area (Å²) in [5, 5.41) is 0. The monoisotopic (exact) mass is 365 g/mol. The maximum absolute atomic E-state index is 6.09. The molecule has 0 N–H and O–H groups in total. The highest BCUT2D eigenvalue weighted by atomic mass is 16.5. The molecule has 2 heterocycles. The molecule has 5 rings (SSSR count). The lowest BCUT2D eigenvalue weighted by atomic mass is 9.83. The summed E-state index contributed by atoms with van der Waals surface area (Å²) in [5.41, 5.74) is 6.80. The molecule has 1 atom stereocenters. The molecule has 1 aliphatic carbocycles. The summed E-state index contributed by atoms with van der Waals surface area (Å²) in [7, 11) is 3.52. The number of methoxy groups -OCH3 is 2. The van der Waals surface area contributed by atoms with E-state index < -0.39 is 0 Å². The molecule has 2 aliphatic heterocycles. The predicted molar refractivity (Wildman–Crippen MR) is 105 cm³/mol. The maximum atomic E-state index is 6.09. The van der Waals surface area contributed by atoms with E-state index >= 15 is 0 Å². The Labute approximate surface area is 161 Å². The second-order valence-corrected chi connectivity index (χ2v) is 8.01. The molecule has 0 aromatic heterocycles. The van der Waals surface area contributed by atoms with Gasteiger partial charge in [0.05, 0.1) is 20.3 Å². The van der Waals surface area contributed by atoms with Crippen LogP contribution in [0.15, 0.2) is 24.3 Å². The molecular formula is C23H27NO3. The smallest absolute Gasteiger partial charge is 0.165 e. The van der Waals surface area contributed by atoms with Crippen LogP contribution in [-0.4, -0.2) is 31.8 Å². The Morgan fingerprint density at radius 3 is 2.59 bits per heavy atom. The molecule has 1 saturated carbocycles. The van der Waals surface area contributed by atoms with Crippen LogP contribution < -0.4 is 14.2 Å². The lowest BCUT2D eigenvalue weighted by Crippen LogP contribution is -2.39. The van der Waals surface area contributed by atoms with Crippen molar-refractivity contribution in [3.63, 3.8) is 0 Å². The van der Waals surface area contributed by atoms with Crippen LogP contribution >= 0.6 is 0 Å². The number of benzene rings is 2. The average molecular weight is 365 g/mol. The molecule has 0 spiro atoms. The van der Waals surface area contributed by atoms with E-state index in [0.717, 1.165) is 56.0 Å². The molecule has 142 valence electrons. The van der Waals surface area contributed by atoms with Gasteiger partial charge in [0.2, 0.25) is 0 Å². The predicted octanol–water partition coefficient (Wildman–Crippen LogP) is 4.21. The summed E-state index contributed by atoms with van der Waals surface area (Å²) in [6.07, 6.45) is 4.79. The highest BCUT2D eigenvalue weighted by Crippen LogP contribution is 2.45. The van der Waals surface area contributed by atoms with Crippen molar-refractivity contribution in [2.75, 3.05) is 20.8 Å². The average Bonchev–Trinajstić information content (AvgIpc) is 3.50. The number of hydrogen-bond donors (Lipinski definition) is 0. The van der Waals surface area contributed by atoms with E-state index in [0.29, 0.717) is 12.1 Å². The minimum absolute atomic E-state index is 0.383. The molecule has 4 heteroatoms. The van der Waals surface area contributed by atoms with Gasteiger partial charge in [0.15, 0.2) is 11.5 Å². The third-order valence-corrected chi connectivity index (χ3v) is 6.24. The third-order valence-electron chi connectivity index (χ3n) is 6.24. The highest BCUT2D eigenvalue weighted by Gasteiger charge is 2.35. The summed E-state index contributed by atoms with van der Waals surface area (Å²) in [6.45, 7) is 4.13. The molecule has 0 radical (unpaired) electrons. The number of nitrogens with zero attached hydrogens (tertiary/aromatic N) is 1. The van der Waals surface area contributed by atoms with Gasteiger partial charge in [-0.15, -0.1) is 0 Å². The van der Waals surface area contributed by atoms with Gasteiger partial charge in [0.1, 0.15) is 5.75 Å². The number of ether oxygens (including phenoxy) is 3. The van der Waals surface area contributed by atoms with Gasteiger partial charge in [-0.25, -0.2) is 0 Å². The van der Waals surface area contributed by atoms with Crippen molar-refractivity contribution in [2.24, 2.45) is 0 Å². The first-order valence-electron chi connectivity index (χ1n) is 9.94. The van der Waals surface area contributed by atoms with E-state index in [1.165, 1.54) is 27.8 Å². The molecule has 0 unspecified atom stereocenters. The molecular weight excluding hydrogens is 338 g/mol. The van der Waals surface area contributed by atoms with E-state index in [-0.39, 0.29) is 0 Å². The number of fused-ring (bicyclic) bond motifs is 4. The Hall–Kier alpha value is -2.20. The fourth-order valence-electron chi connectivity index (χ4n) is 4.65. The summed E-state index contributed by atoms with van der Waals surface area (Å²) in [5.74, 6) is 2.85. The zero-order chi connectivity index (χ0) is 18.5. The van der Waals surface area contributed by atoms with Crippen LogP contribution in [0, 0.1) is 6.92 Å². The molecule has 2 aromatic carbocycles. The van der Waals surface area contributed by atoms with Gasteiger partial charge in [-0.05, 0) is 67.0 Å². The summed E-state index contributed by atoms with van der Waals surface area (Å²) < 4.78 is 17.4. The van der Waals surface area contributed by atoms with Gasteiger partial charge in [0, 0.05) is 24.7 Å². The molecule has 0 amide bonds. The van der Waals surface area contributed by atoms with Crippen LogP contribution in [0.3, 0.4) is 0 Å². The fraction of sp³-hybridized carbons (Fsp3) is 0.478. The molecule has 27 heavy (non-hydrogen) atoms. The summed E-state index contributed by atoms with van der Waals surface area (Å²) in [4.78, 5) is 2.60. The zero-order valence-electron chi connectivity index (χ0n) is 16.4. The lowest BCUT2D eigenvalue weighted by Gasteiger charge is -2.42. The van der Waals surface area contributed by atoms with E-state index in [1.54, 1.807) is 14.2 Å². The van der Waals surface area contributed by atoms with Crippen molar-refractivity contribution < 1.29 is 14.2 Å². The summed E-state index contributed by atoms with van der Waals surface area (Å²) >= 11 is 0. The normalized spacial score (nSPS) is 21.1. The van der Waals surface area contributed by atoms with Gasteiger partial charge in [0.25, 0.3) is 0 Å². The lowest BCUT2D eigenvalue weighted by molar-refractivity contribution is 0.157. The SMILES string of the molecule is COc1cc2c(cc1C)[C@@H]1Cc3ccc(OC4CC4)c(OC)c3CN1CC2. The van der Waals surface area contributed by atoms with Gasteiger partial charge >= 0.3 is 0 Å². The Balaban J connectivity index is 1.52. The van der Waals surface area contributed by atoms with Crippen molar-refractivity contribution >= 4 is 0 Å². The molecule has 0 bridgehead atoms. The van der Waals surface area contributed by atoms with Crippen molar-refractivity contribution in [1.29, 1.82) is 0 Å². The first-order chi connectivity index (χ1) is 13.2. The Bertz CT molecular complexity index is 888. The van der Waals surface area contributed by atoms with Gasteiger partial charge in [-0.1, -0.05) is 12.1 Å².